The van der Waals surface area contributed by atoms with Crippen LogP contribution in [0.1, 0.15) is 29.6 Å². The van der Waals surface area contributed by atoms with Crippen molar-refractivity contribution in [3.63, 3.8) is 0 Å². The molecule has 21 heavy (non-hydrogen) atoms. The van der Waals surface area contributed by atoms with Crippen LogP contribution in [0.15, 0.2) is 36.9 Å². The van der Waals surface area contributed by atoms with E-state index in [0.717, 1.165) is 19.3 Å². The van der Waals surface area contributed by atoms with Gasteiger partial charge in [-0.15, -0.1) is 0 Å². The van der Waals surface area contributed by atoms with Crippen molar-refractivity contribution < 1.29 is 14.7 Å². The molecule has 1 aliphatic carbocycles. The molecular formula is C16H20N2O3. The van der Waals surface area contributed by atoms with Crippen molar-refractivity contribution in [2.24, 2.45) is 5.92 Å². The molecular weight excluding hydrogens is 268 g/mol. The Labute approximate surface area is 124 Å². The predicted molar refractivity (Wildman–Crippen MR) is 80.9 cm³/mol. The minimum atomic E-state index is -0.318. The smallest absolute Gasteiger partial charge is 0.251 e. The fraction of sp³-hybridized carbons (Fsp3) is 0.375. The molecule has 0 heterocycles. The monoisotopic (exact) mass is 288 g/mol. The molecule has 1 aromatic rings. The van der Waals surface area contributed by atoms with Crippen molar-refractivity contribution in [1.29, 1.82) is 0 Å². The van der Waals surface area contributed by atoms with E-state index >= 15 is 0 Å². The van der Waals surface area contributed by atoms with Gasteiger partial charge in [0, 0.05) is 23.7 Å². The van der Waals surface area contributed by atoms with Crippen LogP contribution in [0.5, 0.6) is 0 Å². The van der Waals surface area contributed by atoms with E-state index in [1.54, 1.807) is 24.3 Å². The lowest BCUT2D eigenvalue weighted by molar-refractivity contribution is -0.111. The van der Waals surface area contributed by atoms with E-state index in [2.05, 4.69) is 17.2 Å². The Morgan fingerprint density at radius 1 is 1.38 bits per heavy atom. The third-order valence-electron chi connectivity index (χ3n) is 3.72. The van der Waals surface area contributed by atoms with Crippen LogP contribution in [0.2, 0.25) is 0 Å². The highest BCUT2D eigenvalue weighted by Crippen LogP contribution is 2.24. The molecule has 3 N–H and O–H groups in total. The number of amides is 2. The van der Waals surface area contributed by atoms with Gasteiger partial charge in [0.1, 0.15) is 0 Å². The molecule has 0 radical (unpaired) electrons. The summed E-state index contributed by atoms with van der Waals surface area (Å²) in [6, 6.07) is 6.71. The average Bonchev–Trinajstić information content (AvgIpc) is 2.90. The van der Waals surface area contributed by atoms with Gasteiger partial charge in [0.05, 0.1) is 6.10 Å². The van der Waals surface area contributed by atoms with Gasteiger partial charge in [0.2, 0.25) is 5.91 Å². The van der Waals surface area contributed by atoms with E-state index in [4.69, 9.17) is 0 Å². The molecule has 1 saturated carbocycles. The normalized spacial score (nSPS) is 20.8. The Kier molecular flexibility index (Phi) is 5.11. The van der Waals surface area contributed by atoms with E-state index in [1.165, 1.54) is 6.08 Å². The second-order valence-electron chi connectivity index (χ2n) is 5.24. The maximum atomic E-state index is 12.1. The summed E-state index contributed by atoms with van der Waals surface area (Å²) in [4.78, 5) is 23.3. The summed E-state index contributed by atoms with van der Waals surface area (Å²) in [6.45, 7) is 3.86. The molecule has 0 unspecified atom stereocenters. The van der Waals surface area contributed by atoms with Crippen LogP contribution in [-0.2, 0) is 4.79 Å². The van der Waals surface area contributed by atoms with Gasteiger partial charge in [-0.3, -0.25) is 9.59 Å². The topological polar surface area (TPSA) is 78.4 Å². The summed E-state index contributed by atoms with van der Waals surface area (Å²) in [6.07, 6.45) is 3.61. The highest BCUT2D eigenvalue weighted by atomic mass is 16.3. The Balaban J connectivity index is 1.94. The predicted octanol–water partition coefficient (Wildman–Crippen LogP) is 1.70. The summed E-state index contributed by atoms with van der Waals surface area (Å²) >= 11 is 0. The fourth-order valence-electron chi connectivity index (χ4n) is 2.51. The molecule has 2 rings (SSSR count). The van der Waals surface area contributed by atoms with Crippen molar-refractivity contribution in [2.45, 2.75) is 25.4 Å². The Bertz CT molecular complexity index is 542. The molecule has 2 amide bonds. The van der Waals surface area contributed by atoms with E-state index in [-0.39, 0.29) is 23.8 Å². The van der Waals surface area contributed by atoms with Crippen molar-refractivity contribution in [3.05, 3.63) is 42.5 Å². The highest BCUT2D eigenvalue weighted by molar-refractivity contribution is 6.00. The second-order valence-corrected chi connectivity index (χ2v) is 5.24. The molecule has 0 aliphatic heterocycles. The number of aliphatic hydroxyl groups is 1. The molecule has 5 heteroatoms. The third-order valence-corrected chi connectivity index (χ3v) is 3.72. The first-order chi connectivity index (χ1) is 10.1. The number of carbonyl (C=O) groups excluding carboxylic acids is 2. The van der Waals surface area contributed by atoms with Gasteiger partial charge in [0.15, 0.2) is 0 Å². The molecule has 1 aliphatic rings. The molecule has 1 fully saturated rings. The van der Waals surface area contributed by atoms with Crippen LogP contribution in [0.3, 0.4) is 0 Å². The summed E-state index contributed by atoms with van der Waals surface area (Å²) in [5, 5.41) is 15.2. The molecule has 1 aromatic carbocycles. The number of rotatable bonds is 5. The summed E-state index contributed by atoms with van der Waals surface area (Å²) < 4.78 is 0. The van der Waals surface area contributed by atoms with Gasteiger partial charge in [-0.25, -0.2) is 0 Å². The Morgan fingerprint density at radius 2 is 2.19 bits per heavy atom. The van der Waals surface area contributed by atoms with Gasteiger partial charge in [0.25, 0.3) is 5.91 Å². The zero-order valence-corrected chi connectivity index (χ0v) is 11.8. The largest absolute Gasteiger partial charge is 0.393 e. The van der Waals surface area contributed by atoms with Crippen molar-refractivity contribution in [1.82, 2.24) is 5.32 Å². The maximum Gasteiger partial charge on any atom is 0.251 e. The van der Waals surface area contributed by atoms with Crippen LogP contribution in [-0.4, -0.2) is 29.6 Å². The first-order valence-corrected chi connectivity index (χ1v) is 7.10. The quantitative estimate of drug-likeness (QED) is 0.722. The standard InChI is InChI=1S/C16H20N2O3/c1-2-15(20)18-13-7-3-5-11(9-13)16(21)17-10-12-6-4-8-14(12)19/h2-3,5,7,9,12,14,19H,1,4,6,8,10H2,(H,17,21)(H,18,20)/t12-,14+/m1/s1. The van der Waals surface area contributed by atoms with E-state index < -0.39 is 0 Å². The number of hydrogen-bond donors (Lipinski definition) is 3. The van der Waals surface area contributed by atoms with Crippen LogP contribution < -0.4 is 10.6 Å². The number of nitrogens with one attached hydrogen (secondary N) is 2. The first-order valence-electron chi connectivity index (χ1n) is 7.10. The van der Waals surface area contributed by atoms with Gasteiger partial charge < -0.3 is 15.7 Å². The number of anilines is 1. The maximum absolute atomic E-state index is 12.1. The second kappa shape index (κ2) is 7.04. The lowest BCUT2D eigenvalue weighted by atomic mass is 10.1. The van der Waals surface area contributed by atoms with E-state index in [9.17, 15) is 14.7 Å². The first kappa shape index (κ1) is 15.3. The lowest BCUT2D eigenvalue weighted by Gasteiger charge is -2.15. The minimum absolute atomic E-state index is 0.137. The average molecular weight is 288 g/mol. The van der Waals surface area contributed by atoms with E-state index in [1.807, 2.05) is 0 Å². The summed E-state index contributed by atoms with van der Waals surface area (Å²) in [5.74, 6) is -0.386. The Morgan fingerprint density at radius 3 is 2.86 bits per heavy atom. The zero-order valence-electron chi connectivity index (χ0n) is 11.8. The van der Waals surface area contributed by atoms with Gasteiger partial charge >= 0.3 is 0 Å². The summed E-state index contributed by atoms with van der Waals surface area (Å²) in [5.41, 5.74) is 1.03. The molecule has 0 saturated heterocycles. The molecule has 112 valence electrons. The van der Waals surface area contributed by atoms with E-state index in [0.29, 0.717) is 17.8 Å². The lowest BCUT2D eigenvalue weighted by Crippen LogP contribution is -2.32. The third kappa shape index (κ3) is 4.16. The SMILES string of the molecule is C=CC(=O)Nc1cccc(C(=O)NC[C@H]2CCC[C@@H]2O)c1. The van der Waals surface area contributed by atoms with Crippen molar-refractivity contribution in [3.8, 4) is 0 Å². The Hall–Kier alpha value is -2.14. The van der Waals surface area contributed by atoms with Gasteiger partial charge in [-0.05, 0) is 37.1 Å². The number of carbonyl (C=O) groups is 2. The number of benzene rings is 1. The number of hydrogen-bond acceptors (Lipinski definition) is 3. The summed E-state index contributed by atoms with van der Waals surface area (Å²) in [7, 11) is 0. The van der Waals surface area contributed by atoms with Crippen LogP contribution in [0.4, 0.5) is 5.69 Å². The number of aliphatic hydroxyl groups excluding tert-OH is 1. The van der Waals surface area contributed by atoms with Crippen LogP contribution >= 0.6 is 0 Å². The van der Waals surface area contributed by atoms with Gasteiger partial charge in [-0.2, -0.15) is 0 Å². The zero-order chi connectivity index (χ0) is 15.2. The fourth-order valence-corrected chi connectivity index (χ4v) is 2.51. The van der Waals surface area contributed by atoms with Crippen molar-refractivity contribution >= 4 is 17.5 Å². The molecule has 0 aromatic heterocycles. The molecule has 2 atom stereocenters. The minimum Gasteiger partial charge on any atom is -0.393 e. The van der Waals surface area contributed by atoms with Crippen LogP contribution in [0, 0.1) is 5.92 Å². The van der Waals surface area contributed by atoms with Gasteiger partial charge in [-0.1, -0.05) is 19.1 Å². The highest BCUT2D eigenvalue weighted by Gasteiger charge is 2.25. The van der Waals surface area contributed by atoms with Crippen molar-refractivity contribution in [2.75, 3.05) is 11.9 Å². The molecule has 0 bridgehead atoms. The molecule has 5 nitrogen and oxygen atoms in total. The van der Waals surface area contributed by atoms with Crippen LogP contribution in [0.25, 0.3) is 0 Å². The molecule has 0 spiro atoms.